The highest BCUT2D eigenvalue weighted by Crippen LogP contribution is 1.89. The highest BCUT2D eigenvalue weighted by atomic mass is 16.5. The van der Waals surface area contributed by atoms with E-state index in [2.05, 4.69) is 10.6 Å². The number of rotatable bonds is 9. The van der Waals surface area contributed by atoms with Gasteiger partial charge >= 0.3 is 0 Å². The molecule has 0 aromatic rings. The molecule has 4 nitrogen and oxygen atoms in total. The Morgan fingerprint density at radius 1 is 1.33 bits per heavy atom. The zero-order valence-corrected chi connectivity index (χ0v) is 10.1. The highest BCUT2D eigenvalue weighted by Gasteiger charge is 1.99. The van der Waals surface area contributed by atoms with Crippen LogP contribution in [0, 0.1) is 0 Å². The van der Waals surface area contributed by atoms with Crippen molar-refractivity contribution < 1.29 is 9.53 Å². The van der Waals surface area contributed by atoms with Crippen LogP contribution in [0.2, 0.25) is 0 Å². The first-order chi connectivity index (χ1) is 7.16. The van der Waals surface area contributed by atoms with Crippen LogP contribution in [0.1, 0.15) is 33.6 Å². The first-order valence-electron chi connectivity index (χ1n) is 5.75. The van der Waals surface area contributed by atoms with Crippen molar-refractivity contribution in [3.63, 3.8) is 0 Å². The minimum absolute atomic E-state index is 0.112. The van der Waals surface area contributed by atoms with Gasteiger partial charge < -0.3 is 15.4 Å². The summed E-state index contributed by atoms with van der Waals surface area (Å²) >= 11 is 0. The summed E-state index contributed by atoms with van der Waals surface area (Å²) in [4.78, 5) is 11.2. The number of carbonyl (C=O) groups excluding carboxylic acids is 1. The van der Waals surface area contributed by atoms with Gasteiger partial charge in [0.15, 0.2) is 0 Å². The van der Waals surface area contributed by atoms with Crippen LogP contribution in [-0.4, -0.2) is 38.3 Å². The van der Waals surface area contributed by atoms with Crippen LogP contribution >= 0.6 is 0 Å². The summed E-state index contributed by atoms with van der Waals surface area (Å²) in [6.45, 7) is 9.13. The Bertz CT molecular complexity index is 161. The predicted molar refractivity (Wildman–Crippen MR) is 61.9 cm³/mol. The van der Waals surface area contributed by atoms with Crippen molar-refractivity contribution >= 4 is 5.91 Å². The molecule has 0 aliphatic rings. The quantitative estimate of drug-likeness (QED) is 0.563. The van der Waals surface area contributed by atoms with Gasteiger partial charge in [0, 0.05) is 26.1 Å². The van der Waals surface area contributed by atoms with E-state index in [-0.39, 0.29) is 12.0 Å². The Kier molecular flexibility index (Phi) is 9.52. The number of hydrogen-bond donors (Lipinski definition) is 2. The van der Waals surface area contributed by atoms with Crippen molar-refractivity contribution in [2.75, 3.05) is 26.2 Å². The molecule has 90 valence electrons. The van der Waals surface area contributed by atoms with Gasteiger partial charge in [-0.15, -0.1) is 0 Å². The normalized spacial score (nSPS) is 10.7. The van der Waals surface area contributed by atoms with Crippen LogP contribution in [0.4, 0.5) is 0 Å². The van der Waals surface area contributed by atoms with E-state index < -0.39 is 0 Å². The fourth-order valence-electron chi connectivity index (χ4n) is 1.09. The molecule has 0 rings (SSSR count). The molecule has 15 heavy (non-hydrogen) atoms. The molecule has 0 atom stereocenters. The average Bonchev–Trinajstić information content (AvgIpc) is 2.17. The summed E-state index contributed by atoms with van der Waals surface area (Å²) < 4.78 is 5.36. The van der Waals surface area contributed by atoms with Gasteiger partial charge in [0.05, 0.1) is 6.10 Å². The second-order valence-corrected chi connectivity index (χ2v) is 3.73. The lowest BCUT2D eigenvalue weighted by Crippen LogP contribution is -2.29. The van der Waals surface area contributed by atoms with Crippen LogP contribution < -0.4 is 10.6 Å². The van der Waals surface area contributed by atoms with Crippen molar-refractivity contribution in [1.82, 2.24) is 10.6 Å². The molecule has 0 heterocycles. The Balaban J connectivity index is 3.17. The third kappa shape index (κ3) is 11.3. The van der Waals surface area contributed by atoms with E-state index in [9.17, 15) is 4.79 Å². The van der Waals surface area contributed by atoms with Crippen molar-refractivity contribution in [1.29, 1.82) is 0 Å². The first-order valence-corrected chi connectivity index (χ1v) is 5.75. The van der Waals surface area contributed by atoms with E-state index >= 15 is 0 Å². The fourth-order valence-corrected chi connectivity index (χ4v) is 1.09. The number of amides is 1. The smallest absolute Gasteiger partial charge is 0.221 e. The summed E-state index contributed by atoms with van der Waals surface area (Å²) in [7, 11) is 0. The Morgan fingerprint density at radius 3 is 2.67 bits per heavy atom. The molecule has 0 aliphatic carbocycles. The largest absolute Gasteiger partial charge is 0.379 e. The zero-order chi connectivity index (χ0) is 11.5. The second-order valence-electron chi connectivity index (χ2n) is 3.73. The first kappa shape index (κ1) is 14.4. The lowest BCUT2D eigenvalue weighted by atomic mass is 10.3. The van der Waals surface area contributed by atoms with Gasteiger partial charge in [0.25, 0.3) is 0 Å². The monoisotopic (exact) mass is 216 g/mol. The molecule has 0 unspecified atom stereocenters. The maximum atomic E-state index is 11.2. The molecular formula is C11H24N2O2. The molecule has 0 aromatic heterocycles. The number of carbonyl (C=O) groups is 1. The van der Waals surface area contributed by atoms with Crippen molar-refractivity contribution in [3.05, 3.63) is 0 Å². The molecule has 0 spiro atoms. The van der Waals surface area contributed by atoms with Gasteiger partial charge in [-0.3, -0.25) is 4.79 Å². The number of nitrogens with one attached hydrogen (secondary N) is 2. The van der Waals surface area contributed by atoms with Crippen molar-refractivity contribution in [2.24, 2.45) is 0 Å². The Labute approximate surface area is 92.8 Å². The lowest BCUT2D eigenvalue weighted by molar-refractivity contribution is -0.121. The van der Waals surface area contributed by atoms with Gasteiger partial charge in [-0.2, -0.15) is 0 Å². The van der Waals surface area contributed by atoms with E-state index in [0.717, 1.165) is 19.5 Å². The van der Waals surface area contributed by atoms with E-state index in [1.807, 2.05) is 20.8 Å². The fraction of sp³-hybridized carbons (Fsp3) is 0.909. The summed E-state index contributed by atoms with van der Waals surface area (Å²) in [6, 6.07) is 0. The van der Waals surface area contributed by atoms with Gasteiger partial charge in [0.2, 0.25) is 5.91 Å². The van der Waals surface area contributed by atoms with Crippen LogP contribution in [-0.2, 0) is 9.53 Å². The molecule has 1 amide bonds. The van der Waals surface area contributed by atoms with Gasteiger partial charge in [-0.25, -0.2) is 0 Å². The summed E-state index contributed by atoms with van der Waals surface area (Å²) in [6.07, 6.45) is 1.71. The van der Waals surface area contributed by atoms with Crippen molar-refractivity contribution in [2.45, 2.75) is 39.7 Å². The topological polar surface area (TPSA) is 50.4 Å². The molecule has 0 radical (unpaired) electrons. The van der Waals surface area contributed by atoms with Crippen LogP contribution in [0.25, 0.3) is 0 Å². The SMILES string of the molecule is CCNCCC(=O)NCCCOC(C)C. The average molecular weight is 216 g/mol. The summed E-state index contributed by atoms with van der Waals surface area (Å²) in [5.41, 5.74) is 0. The summed E-state index contributed by atoms with van der Waals surface area (Å²) in [5, 5.41) is 5.97. The third-order valence-electron chi connectivity index (χ3n) is 1.87. The molecule has 0 fully saturated rings. The van der Waals surface area contributed by atoms with Crippen LogP contribution in [0.15, 0.2) is 0 Å². The molecule has 0 bridgehead atoms. The van der Waals surface area contributed by atoms with Gasteiger partial charge in [-0.05, 0) is 26.8 Å². The maximum absolute atomic E-state index is 11.2. The van der Waals surface area contributed by atoms with E-state index in [1.165, 1.54) is 0 Å². The van der Waals surface area contributed by atoms with Gasteiger partial charge in [-0.1, -0.05) is 6.92 Å². The Hall–Kier alpha value is -0.610. The molecule has 0 saturated heterocycles. The number of hydrogen-bond acceptors (Lipinski definition) is 3. The Morgan fingerprint density at radius 2 is 2.07 bits per heavy atom. The highest BCUT2D eigenvalue weighted by molar-refractivity contribution is 5.75. The third-order valence-corrected chi connectivity index (χ3v) is 1.87. The predicted octanol–water partition coefficient (Wildman–Crippen LogP) is 0.917. The molecule has 0 saturated carbocycles. The molecule has 0 aromatic carbocycles. The molecule has 2 N–H and O–H groups in total. The molecular weight excluding hydrogens is 192 g/mol. The maximum Gasteiger partial charge on any atom is 0.221 e. The van der Waals surface area contributed by atoms with E-state index in [1.54, 1.807) is 0 Å². The van der Waals surface area contributed by atoms with E-state index in [0.29, 0.717) is 19.6 Å². The second kappa shape index (κ2) is 9.93. The lowest BCUT2D eigenvalue weighted by Gasteiger charge is -2.08. The van der Waals surface area contributed by atoms with Gasteiger partial charge in [0.1, 0.15) is 0 Å². The minimum atomic E-state index is 0.112. The molecule has 0 aliphatic heterocycles. The molecule has 4 heteroatoms. The summed E-state index contributed by atoms with van der Waals surface area (Å²) in [5.74, 6) is 0.112. The van der Waals surface area contributed by atoms with Crippen LogP contribution in [0.3, 0.4) is 0 Å². The van der Waals surface area contributed by atoms with E-state index in [4.69, 9.17) is 4.74 Å². The zero-order valence-electron chi connectivity index (χ0n) is 10.1. The minimum Gasteiger partial charge on any atom is -0.379 e. The van der Waals surface area contributed by atoms with Crippen molar-refractivity contribution in [3.8, 4) is 0 Å². The standard InChI is InChI=1S/C11H24N2O2/c1-4-12-8-6-11(14)13-7-5-9-15-10(2)3/h10,12H,4-9H2,1-3H3,(H,13,14). The number of ether oxygens (including phenoxy) is 1. The van der Waals surface area contributed by atoms with Crippen LogP contribution in [0.5, 0.6) is 0 Å².